The number of anilines is 1. The van der Waals surface area contributed by atoms with Crippen molar-refractivity contribution >= 4 is 5.69 Å². The molecule has 3 nitrogen and oxygen atoms in total. The number of nitriles is 1. The van der Waals surface area contributed by atoms with E-state index in [1.807, 2.05) is 0 Å². The van der Waals surface area contributed by atoms with Crippen LogP contribution in [-0.2, 0) is 0 Å². The van der Waals surface area contributed by atoms with Crippen LogP contribution in [0.1, 0.15) is 18.4 Å². The van der Waals surface area contributed by atoms with Crippen molar-refractivity contribution < 1.29 is 8.78 Å². The third-order valence-corrected chi connectivity index (χ3v) is 3.90. The minimum absolute atomic E-state index is 0.0106. The highest BCUT2D eigenvalue weighted by molar-refractivity contribution is 5.52. The van der Waals surface area contributed by atoms with Crippen molar-refractivity contribution in [2.75, 3.05) is 38.6 Å². The van der Waals surface area contributed by atoms with E-state index in [4.69, 9.17) is 5.26 Å². The molecule has 1 fully saturated rings. The first kappa shape index (κ1) is 14.7. The molecule has 1 saturated heterocycles. The van der Waals surface area contributed by atoms with E-state index in [9.17, 15) is 8.78 Å². The topological polar surface area (TPSA) is 30.3 Å². The summed E-state index contributed by atoms with van der Waals surface area (Å²) >= 11 is 0. The lowest BCUT2D eigenvalue weighted by molar-refractivity contribution is 0.222. The van der Waals surface area contributed by atoms with Gasteiger partial charge in [-0.25, -0.2) is 8.78 Å². The molecule has 0 bridgehead atoms. The average Bonchev–Trinajstić information content (AvgIpc) is 2.40. The first-order valence-electron chi connectivity index (χ1n) is 6.80. The SMILES string of the molecule is CN1CCC(CN(C)c2c(F)cc(C#N)cc2F)CC1. The molecule has 2 rings (SSSR count). The van der Waals surface area contributed by atoms with Gasteiger partial charge in [-0.2, -0.15) is 5.26 Å². The molecule has 5 heteroatoms. The number of hydrogen-bond acceptors (Lipinski definition) is 3. The predicted octanol–water partition coefficient (Wildman–Crippen LogP) is 2.61. The van der Waals surface area contributed by atoms with Gasteiger partial charge in [0.25, 0.3) is 0 Å². The van der Waals surface area contributed by atoms with Gasteiger partial charge in [0.1, 0.15) is 5.69 Å². The number of hydrogen-bond donors (Lipinski definition) is 0. The summed E-state index contributed by atoms with van der Waals surface area (Å²) in [4.78, 5) is 3.89. The van der Waals surface area contributed by atoms with Gasteiger partial charge < -0.3 is 9.80 Å². The van der Waals surface area contributed by atoms with Crippen molar-refractivity contribution in [1.82, 2.24) is 4.90 Å². The summed E-state index contributed by atoms with van der Waals surface area (Å²) in [5.41, 5.74) is -0.0284. The predicted molar refractivity (Wildman–Crippen MR) is 74.6 cm³/mol. The van der Waals surface area contributed by atoms with E-state index in [-0.39, 0.29) is 11.3 Å². The van der Waals surface area contributed by atoms with E-state index in [0.717, 1.165) is 38.1 Å². The molecular formula is C15H19F2N3. The van der Waals surface area contributed by atoms with Crippen LogP contribution >= 0.6 is 0 Å². The van der Waals surface area contributed by atoms with Gasteiger partial charge in [-0.3, -0.25) is 0 Å². The molecule has 108 valence electrons. The summed E-state index contributed by atoms with van der Waals surface area (Å²) in [6.45, 7) is 2.68. The van der Waals surface area contributed by atoms with Gasteiger partial charge >= 0.3 is 0 Å². The number of likely N-dealkylation sites (tertiary alicyclic amines) is 1. The Balaban J connectivity index is 2.09. The highest BCUT2D eigenvalue weighted by Crippen LogP contribution is 2.26. The smallest absolute Gasteiger partial charge is 0.150 e. The molecule has 0 aromatic heterocycles. The lowest BCUT2D eigenvalue weighted by atomic mass is 9.96. The lowest BCUT2D eigenvalue weighted by Gasteiger charge is -2.32. The van der Waals surface area contributed by atoms with Gasteiger partial charge in [0.05, 0.1) is 11.6 Å². The van der Waals surface area contributed by atoms with Crippen LogP contribution in [0, 0.1) is 28.9 Å². The van der Waals surface area contributed by atoms with Crippen LogP contribution in [0.3, 0.4) is 0 Å². The van der Waals surface area contributed by atoms with Crippen LogP contribution in [0.4, 0.5) is 14.5 Å². The molecule has 1 aromatic carbocycles. The maximum atomic E-state index is 13.9. The van der Waals surface area contributed by atoms with Gasteiger partial charge in [-0.05, 0) is 51.0 Å². The summed E-state index contributed by atoms with van der Waals surface area (Å²) in [5, 5.41) is 8.70. The Labute approximate surface area is 118 Å². The molecular weight excluding hydrogens is 260 g/mol. The van der Waals surface area contributed by atoms with Gasteiger partial charge in [0.15, 0.2) is 11.6 Å². The van der Waals surface area contributed by atoms with Crippen LogP contribution < -0.4 is 4.90 Å². The van der Waals surface area contributed by atoms with E-state index in [1.54, 1.807) is 18.0 Å². The Hall–Kier alpha value is -1.67. The standard InChI is InChI=1S/C15H19F2N3/c1-19-5-3-11(4-6-19)10-20(2)15-13(16)7-12(9-18)8-14(15)17/h7-8,11H,3-6,10H2,1-2H3. The fraction of sp³-hybridized carbons (Fsp3) is 0.533. The normalized spacial score (nSPS) is 16.9. The van der Waals surface area contributed by atoms with Gasteiger partial charge in [-0.1, -0.05) is 0 Å². The number of rotatable bonds is 3. The highest BCUT2D eigenvalue weighted by Gasteiger charge is 2.21. The van der Waals surface area contributed by atoms with Gasteiger partial charge in [0.2, 0.25) is 0 Å². The van der Waals surface area contributed by atoms with Crippen LogP contribution in [0.25, 0.3) is 0 Å². The summed E-state index contributed by atoms with van der Waals surface area (Å²) in [7, 11) is 3.78. The van der Waals surface area contributed by atoms with Crippen LogP contribution in [0.2, 0.25) is 0 Å². The van der Waals surface area contributed by atoms with E-state index < -0.39 is 11.6 Å². The molecule has 0 unspecified atom stereocenters. The zero-order valence-electron chi connectivity index (χ0n) is 11.9. The van der Waals surface area contributed by atoms with Crippen molar-refractivity contribution in [1.29, 1.82) is 5.26 Å². The molecule has 20 heavy (non-hydrogen) atoms. The summed E-state index contributed by atoms with van der Waals surface area (Å²) in [6.07, 6.45) is 2.08. The van der Waals surface area contributed by atoms with Crippen molar-refractivity contribution in [2.45, 2.75) is 12.8 Å². The summed E-state index contributed by atoms with van der Waals surface area (Å²) in [5.74, 6) is -0.889. The number of piperidine rings is 1. The van der Waals surface area contributed by atoms with E-state index in [0.29, 0.717) is 12.5 Å². The van der Waals surface area contributed by atoms with Crippen LogP contribution in [0.15, 0.2) is 12.1 Å². The second kappa shape index (κ2) is 6.19. The number of benzene rings is 1. The zero-order valence-corrected chi connectivity index (χ0v) is 11.9. The maximum Gasteiger partial charge on any atom is 0.150 e. The third kappa shape index (κ3) is 3.26. The average molecular weight is 279 g/mol. The molecule has 0 N–H and O–H groups in total. The second-order valence-corrected chi connectivity index (χ2v) is 5.53. The molecule has 0 aliphatic carbocycles. The van der Waals surface area contributed by atoms with Gasteiger partial charge in [0, 0.05) is 13.6 Å². The molecule has 1 heterocycles. The molecule has 0 radical (unpaired) electrons. The van der Waals surface area contributed by atoms with E-state index >= 15 is 0 Å². The molecule has 0 spiro atoms. The second-order valence-electron chi connectivity index (χ2n) is 5.53. The first-order chi connectivity index (χ1) is 9.51. The van der Waals surface area contributed by atoms with Crippen LogP contribution in [0.5, 0.6) is 0 Å². The lowest BCUT2D eigenvalue weighted by Crippen LogP contribution is -2.36. The summed E-state index contributed by atoms with van der Waals surface area (Å²) in [6, 6.07) is 3.93. The number of nitrogens with zero attached hydrogens (tertiary/aromatic N) is 3. The Morgan fingerprint density at radius 2 is 1.85 bits per heavy atom. The molecule has 0 atom stereocenters. The molecule has 1 aliphatic heterocycles. The summed E-state index contributed by atoms with van der Waals surface area (Å²) < 4.78 is 27.8. The Kier molecular flexibility index (Phi) is 4.56. The van der Waals surface area contributed by atoms with Gasteiger partial charge in [-0.15, -0.1) is 0 Å². The Bertz CT molecular complexity index is 493. The van der Waals surface area contributed by atoms with Crippen molar-refractivity contribution in [3.8, 4) is 6.07 Å². The monoisotopic (exact) mass is 279 g/mol. The zero-order chi connectivity index (χ0) is 14.7. The Morgan fingerprint density at radius 3 is 2.35 bits per heavy atom. The fourth-order valence-corrected chi connectivity index (χ4v) is 2.72. The minimum Gasteiger partial charge on any atom is -0.370 e. The molecule has 0 saturated carbocycles. The first-order valence-corrected chi connectivity index (χ1v) is 6.80. The van der Waals surface area contributed by atoms with E-state index in [2.05, 4.69) is 11.9 Å². The van der Waals surface area contributed by atoms with E-state index in [1.165, 1.54) is 0 Å². The maximum absolute atomic E-state index is 13.9. The molecule has 0 amide bonds. The van der Waals surface area contributed by atoms with Crippen molar-refractivity contribution in [3.63, 3.8) is 0 Å². The Morgan fingerprint density at radius 1 is 1.30 bits per heavy atom. The minimum atomic E-state index is -0.669. The van der Waals surface area contributed by atoms with Crippen molar-refractivity contribution in [3.05, 3.63) is 29.3 Å². The third-order valence-electron chi connectivity index (χ3n) is 3.90. The van der Waals surface area contributed by atoms with Crippen LogP contribution in [-0.4, -0.2) is 38.6 Å². The highest BCUT2D eigenvalue weighted by atomic mass is 19.1. The quantitative estimate of drug-likeness (QED) is 0.852. The molecule has 1 aliphatic rings. The number of halogens is 2. The fourth-order valence-electron chi connectivity index (χ4n) is 2.72. The largest absolute Gasteiger partial charge is 0.370 e. The van der Waals surface area contributed by atoms with Crippen molar-refractivity contribution in [2.24, 2.45) is 5.92 Å². The molecule has 1 aromatic rings.